The number of nitrogens with one attached hydrogen (secondary N) is 2. The molecular formula is C35H37N4O6+. The summed E-state index contributed by atoms with van der Waals surface area (Å²) < 4.78 is 18.3. The second-order valence-corrected chi connectivity index (χ2v) is 10.7. The highest BCUT2D eigenvalue weighted by Crippen LogP contribution is 2.30. The van der Waals surface area contributed by atoms with Crippen LogP contribution in [0.2, 0.25) is 0 Å². The monoisotopic (exact) mass is 609 g/mol. The molecule has 1 aliphatic heterocycles. The van der Waals surface area contributed by atoms with Crippen LogP contribution in [0.25, 0.3) is 11.1 Å². The highest BCUT2D eigenvalue weighted by Gasteiger charge is 2.37. The van der Waals surface area contributed by atoms with E-state index in [1.54, 1.807) is 23.9 Å². The van der Waals surface area contributed by atoms with Crippen LogP contribution in [0.15, 0.2) is 103 Å². The third-order valence-electron chi connectivity index (χ3n) is 7.57. The van der Waals surface area contributed by atoms with Crippen molar-refractivity contribution in [2.24, 2.45) is 0 Å². The van der Waals surface area contributed by atoms with Gasteiger partial charge in [0.2, 0.25) is 0 Å². The van der Waals surface area contributed by atoms with E-state index in [2.05, 4.69) is 22.8 Å². The summed E-state index contributed by atoms with van der Waals surface area (Å²) in [5.41, 5.74) is 4.56. The van der Waals surface area contributed by atoms with E-state index in [1.165, 1.54) is 12.0 Å². The van der Waals surface area contributed by atoms with Crippen LogP contribution in [0, 0.1) is 0 Å². The summed E-state index contributed by atoms with van der Waals surface area (Å²) >= 11 is 0. The van der Waals surface area contributed by atoms with E-state index in [-0.39, 0.29) is 12.6 Å². The zero-order chi connectivity index (χ0) is 31.6. The Labute approximate surface area is 262 Å². The lowest BCUT2D eigenvalue weighted by Gasteiger charge is -2.22. The van der Waals surface area contributed by atoms with Crippen LogP contribution in [0.1, 0.15) is 37.1 Å². The van der Waals surface area contributed by atoms with E-state index < -0.39 is 24.3 Å². The number of carbonyl (C=O) groups is 3. The topological polar surface area (TPSA) is 110 Å². The number of aromatic nitrogens is 1. The first-order valence-corrected chi connectivity index (χ1v) is 14.9. The van der Waals surface area contributed by atoms with Crippen LogP contribution in [-0.4, -0.2) is 42.7 Å². The fourth-order valence-corrected chi connectivity index (χ4v) is 5.17. The summed E-state index contributed by atoms with van der Waals surface area (Å²) in [7, 11) is 1.31. The highest BCUT2D eigenvalue weighted by atomic mass is 16.6. The van der Waals surface area contributed by atoms with Gasteiger partial charge in [-0.05, 0) is 48.2 Å². The maximum absolute atomic E-state index is 12.7. The van der Waals surface area contributed by atoms with Crippen molar-refractivity contribution in [1.82, 2.24) is 10.2 Å². The Morgan fingerprint density at radius 2 is 1.69 bits per heavy atom. The van der Waals surface area contributed by atoms with Crippen LogP contribution < -0.4 is 19.9 Å². The minimum Gasteiger partial charge on any atom is -0.488 e. The molecule has 0 radical (unpaired) electrons. The Balaban J connectivity index is 1.09. The molecule has 0 aliphatic carbocycles. The molecule has 3 aromatic carbocycles. The van der Waals surface area contributed by atoms with Gasteiger partial charge in [0, 0.05) is 36.3 Å². The Hall–Kier alpha value is -5.38. The lowest BCUT2D eigenvalue weighted by atomic mass is 10.0. The number of carbonyl (C=O) groups excluding carboxylic acids is 3. The number of hydrogen-bond donors (Lipinski definition) is 2. The number of rotatable bonds is 10. The van der Waals surface area contributed by atoms with Gasteiger partial charge in [-0.25, -0.2) is 14.4 Å². The van der Waals surface area contributed by atoms with Gasteiger partial charge in [0.25, 0.3) is 0 Å². The normalized spacial score (nSPS) is 14.7. The number of anilines is 1. The van der Waals surface area contributed by atoms with E-state index in [0.717, 1.165) is 28.0 Å². The minimum atomic E-state index is -0.625. The summed E-state index contributed by atoms with van der Waals surface area (Å²) in [6.07, 6.45) is 3.64. The number of pyridine rings is 1. The number of methoxy groups -OCH3 is 1. The number of benzene rings is 3. The van der Waals surface area contributed by atoms with Crippen molar-refractivity contribution < 1.29 is 33.2 Å². The minimum absolute atomic E-state index is 0.261. The fourth-order valence-electron chi connectivity index (χ4n) is 5.17. The van der Waals surface area contributed by atoms with Gasteiger partial charge in [-0.2, -0.15) is 4.57 Å². The Morgan fingerprint density at radius 1 is 0.933 bits per heavy atom. The molecule has 0 spiro atoms. The van der Waals surface area contributed by atoms with Gasteiger partial charge in [-0.3, -0.25) is 4.90 Å². The number of likely N-dealkylation sites (tertiary alicyclic amines) is 1. The number of hydrogen-bond acceptors (Lipinski definition) is 6. The molecular weight excluding hydrogens is 572 g/mol. The zero-order valence-corrected chi connectivity index (χ0v) is 25.3. The second-order valence-electron chi connectivity index (χ2n) is 10.7. The summed E-state index contributed by atoms with van der Waals surface area (Å²) in [4.78, 5) is 38.7. The molecule has 1 saturated heterocycles. The van der Waals surface area contributed by atoms with Crippen molar-refractivity contribution in [3.8, 4) is 16.9 Å². The van der Waals surface area contributed by atoms with Crippen molar-refractivity contribution in [3.05, 3.63) is 115 Å². The molecule has 1 unspecified atom stereocenters. The lowest BCUT2D eigenvalue weighted by molar-refractivity contribution is -0.753. The molecule has 5 rings (SSSR count). The molecule has 3 amide bonds. The number of amides is 3. The molecule has 2 N–H and O–H groups in total. The molecule has 0 bridgehead atoms. The van der Waals surface area contributed by atoms with Crippen LogP contribution in [0.4, 0.5) is 15.3 Å². The standard InChI is InChI=1S/C35H36N4O6/c1-25(45-35(42)39-21-9-14-31(39)33(40)43-2)38-20-8-10-27(23-38)22-36-34(41)37-29-18-16-26(17-19-29)24-44-32-15-7-6-13-30(32)28-11-4-3-5-12-28/h3-8,10-13,15-20,23,25,31H,9,14,21-22,24H2,1-2H3,(H-,36,37,41)/p+1/t25?,31-/m0/s1. The summed E-state index contributed by atoms with van der Waals surface area (Å²) in [5.74, 6) is 0.362. The first-order chi connectivity index (χ1) is 21.9. The highest BCUT2D eigenvalue weighted by molar-refractivity contribution is 5.89. The van der Waals surface area contributed by atoms with E-state index in [9.17, 15) is 14.4 Å². The smallest absolute Gasteiger partial charge is 0.415 e. The Morgan fingerprint density at radius 3 is 2.47 bits per heavy atom. The maximum atomic E-state index is 12.7. The number of nitrogens with zero attached hydrogens (tertiary/aromatic N) is 2. The van der Waals surface area contributed by atoms with Gasteiger partial charge in [0.15, 0.2) is 12.4 Å². The fraction of sp³-hybridized carbons (Fsp3) is 0.257. The van der Waals surface area contributed by atoms with Gasteiger partial charge in [0.05, 0.1) is 13.7 Å². The molecule has 1 aromatic heterocycles. The zero-order valence-electron chi connectivity index (χ0n) is 25.3. The molecule has 2 atom stereocenters. The third-order valence-corrected chi connectivity index (χ3v) is 7.57. The predicted octanol–water partition coefficient (Wildman–Crippen LogP) is 5.83. The molecule has 2 heterocycles. The van der Waals surface area contributed by atoms with Crippen LogP contribution in [0.5, 0.6) is 5.75 Å². The average Bonchev–Trinajstić information content (AvgIpc) is 3.58. The average molecular weight is 610 g/mol. The molecule has 45 heavy (non-hydrogen) atoms. The number of urea groups is 1. The third kappa shape index (κ3) is 8.17. The SMILES string of the molecule is COC(=O)[C@@H]1CCCN1C(=O)OC(C)[n+]1cccc(CNC(=O)Nc2ccc(COc3ccccc3-c3ccccc3)cc2)c1. The first kappa shape index (κ1) is 31.1. The maximum Gasteiger partial charge on any atom is 0.415 e. The quantitative estimate of drug-likeness (QED) is 0.173. The largest absolute Gasteiger partial charge is 0.488 e. The second kappa shape index (κ2) is 14.9. The molecule has 232 valence electrons. The van der Waals surface area contributed by atoms with Crippen molar-refractivity contribution in [2.45, 2.75) is 45.2 Å². The van der Waals surface area contributed by atoms with Crippen LogP contribution >= 0.6 is 0 Å². The van der Waals surface area contributed by atoms with Crippen molar-refractivity contribution in [1.29, 1.82) is 0 Å². The molecule has 10 heteroatoms. The van der Waals surface area contributed by atoms with Gasteiger partial charge in [-0.15, -0.1) is 0 Å². The van der Waals surface area contributed by atoms with Crippen molar-refractivity contribution in [2.75, 3.05) is 19.0 Å². The summed E-state index contributed by atoms with van der Waals surface area (Å²) in [5, 5.41) is 5.70. The van der Waals surface area contributed by atoms with E-state index in [1.807, 2.05) is 78.9 Å². The molecule has 10 nitrogen and oxygen atoms in total. The van der Waals surface area contributed by atoms with Gasteiger partial charge in [0.1, 0.15) is 18.4 Å². The number of para-hydroxylation sites is 1. The van der Waals surface area contributed by atoms with Crippen molar-refractivity contribution >= 4 is 23.8 Å². The van der Waals surface area contributed by atoms with Crippen LogP contribution in [0.3, 0.4) is 0 Å². The Bertz CT molecular complexity index is 1610. The number of esters is 1. The van der Waals surface area contributed by atoms with Crippen molar-refractivity contribution in [3.63, 3.8) is 0 Å². The lowest BCUT2D eigenvalue weighted by Crippen LogP contribution is -2.46. The van der Waals surface area contributed by atoms with Gasteiger partial charge in [-0.1, -0.05) is 60.7 Å². The van der Waals surface area contributed by atoms with E-state index in [0.29, 0.717) is 31.7 Å². The molecule has 4 aromatic rings. The molecule has 1 fully saturated rings. The van der Waals surface area contributed by atoms with E-state index >= 15 is 0 Å². The molecule has 0 saturated carbocycles. The summed E-state index contributed by atoms with van der Waals surface area (Å²) in [6.45, 7) is 2.83. The van der Waals surface area contributed by atoms with Crippen LogP contribution in [-0.2, 0) is 27.4 Å². The first-order valence-electron chi connectivity index (χ1n) is 14.9. The Kier molecular flexibility index (Phi) is 10.3. The number of ether oxygens (including phenoxy) is 3. The van der Waals surface area contributed by atoms with Gasteiger partial charge < -0.3 is 24.8 Å². The summed E-state index contributed by atoms with van der Waals surface area (Å²) in [6, 6.07) is 28.3. The molecule has 1 aliphatic rings. The van der Waals surface area contributed by atoms with Gasteiger partial charge >= 0.3 is 24.3 Å². The predicted molar refractivity (Wildman–Crippen MR) is 168 cm³/mol. The van der Waals surface area contributed by atoms with E-state index in [4.69, 9.17) is 14.2 Å².